The fraction of sp³-hybridized carbons (Fsp3) is 0.571. The second kappa shape index (κ2) is 4.91. The van der Waals surface area contributed by atoms with Crippen molar-refractivity contribution in [2.24, 2.45) is 11.8 Å². The molecule has 2 aliphatic heterocycles. The van der Waals surface area contributed by atoms with E-state index in [4.69, 9.17) is 0 Å². The first-order valence-electron chi connectivity index (χ1n) is 6.53. The Bertz CT molecular complexity index is 431. The summed E-state index contributed by atoms with van der Waals surface area (Å²) in [6.07, 6.45) is 0. The average molecular weight is 313 g/mol. The van der Waals surface area contributed by atoms with E-state index in [9.17, 15) is 4.39 Å². The van der Waals surface area contributed by atoms with Crippen molar-refractivity contribution in [1.82, 2.24) is 10.2 Å². The largest absolute Gasteiger partial charge is 0.316 e. The maximum atomic E-state index is 13.4. The Morgan fingerprint density at radius 2 is 2.22 bits per heavy atom. The first kappa shape index (κ1) is 12.6. The number of halogens is 2. The number of rotatable bonds is 2. The quantitative estimate of drug-likeness (QED) is 0.903. The molecule has 0 saturated carbocycles. The lowest BCUT2D eigenvalue weighted by atomic mass is 9.95. The fourth-order valence-corrected chi connectivity index (χ4v) is 3.91. The number of hydrogen-bond donors (Lipinski definition) is 1. The first-order valence-corrected chi connectivity index (χ1v) is 7.32. The minimum absolute atomic E-state index is 0.159. The molecule has 3 atom stereocenters. The fourth-order valence-electron chi connectivity index (χ4n) is 3.40. The van der Waals surface area contributed by atoms with Gasteiger partial charge in [-0.05, 0) is 55.6 Å². The zero-order valence-corrected chi connectivity index (χ0v) is 12.1. The Hall–Kier alpha value is -0.450. The predicted molar refractivity (Wildman–Crippen MR) is 73.8 cm³/mol. The molecular formula is C14H18BrFN2. The van der Waals surface area contributed by atoms with Gasteiger partial charge in [0.15, 0.2) is 0 Å². The van der Waals surface area contributed by atoms with E-state index in [1.165, 1.54) is 6.07 Å². The highest BCUT2D eigenvalue weighted by molar-refractivity contribution is 9.10. The van der Waals surface area contributed by atoms with Crippen molar-refractivity contribution >= 4 is 15.9 Å². The van der Waals surface area contributed by atoms with Crippen molar-refractivity contribution in [1.29, 1.82) is 0 Å². The van der Waals surface area contributed by atoms with Gasteiger partial charge < -0.3 is 5.32 Å². The zero-order chi connectivity index (χ0) is 12.7. The molecular weight excluding hydrogens is 295 g/mol. The number of likely N-dealkylation sites (tertiary alicyclic amines) is 1. The molecule has 1 aromatic rings. The van der Waals surface area contributed by atoms with E-state index in [1.54, 1.807) is 6.07 Å². The molecule has 2 fully saturated rings. The Kier molecular flexibility index (Phi) is 3.43. The van der Waals surface area contributed by atoms with Crippen LogP contribution in [0.5, 0.6) is 0 Å². The molecule has 0 aliphatic carbocycles. The van der Waals surface area contributed by atoms with Crippen LogP contribution < -0.4 is 5.32 Å². The van der Waals surface area contributed by atoms with Gasteiger partial charge in [-0.25, -0.2) is 4.39 Å². The van der Waals surface area contributed by atoms with Crippen molar-refractivity contribution in [3.05, 3.63) is 34.1 Å². The Labute approximate surface area is 116 Å². The Balaban J connectivity index is 1.73. The lowest BCUT2D eigenvalue weighted by Crippen LogP contribution is -2.32. The smallest absolute Gasteiger partial charge is 0.124 e. The molecule has 18 heavy (non-hydrogen) atoms. The van der Waals surface area contributed by atoms with Gasteiger partial charge in [0.1, 0.15) is 5.82 Å². The summed E-state index contributed by atoms with van der Waals surface area (Å²) in [5.74, 6) is 1.38. The summed E-state index contributed by atoms with van der Waals surface area (Å²) in [6.45, 7) is 6.55. The van der Waals surface area contributed by atoms with Gasteiger partial charge in [-0.15, -0.1) is 0 Å². The standard InChI is InChI=1S/C14H18BrFN2/c1-9-14-6-17-5-11(14)8-18(9)7-10-2-12(15)4-13(16)3-10/h2-4,9,11,14,17H,5-8H2,1H3. The topological polar surface area (TPSA) is 15.3 Å². The van der Waals surface area contributed by atoms with Gasteiger partial charge in [0, 0.05) is 23.6 Å². The van der Waals surface area contributed by atoms with Gasteiger partial charge in [0.25, 0.3) is 0 Å². The van der Waals surface area contributed by atoms with Crippen LogP contribution in [0.15, 0.2) is 22.7 Å². The highest BCUT2D eigenvalue weighted by Gasteiger charge is 2.41. The highest BCUT2D eigenvalue weighted by Crippen LogP contribution is 2.33. The van der Waals surface area contributed by atoms with Gasteiger partial charge in [-0.3, -0.25) is 4.90 Å². The summed E-state index contributed by atoms with van der Waals surface area (Å²) in [5.41, 5.74) is 1.06. The van der Waals surface area contributed by atoms with Gasteiger partial charge in [-0.1, -0.05) is 15.9 Å². The Morgan fingerprint density at radius 3 is 2.94 bits per heavy atom. The van der Waals surface area contributed by atoms with Crippen molar-refractivity contribution in [3.63, 3.8) is 0 Å². The SMILES string of the molecule is CC1C2CNCC2CN1Cc1cc(F)cc(Br)c1. The van der Waals surface area contributed by atoms with Crippen LogP contribution in [0.4, 0.5) is 4.39 Å². The molecule has 1 N–H and O–H groups in total. The maximum absolute atomic E-state index is 13.4. The minimum Gasteiger partial charge on any atom is -0.316 e. The van der Waals surface area contributed by atoms with E-state index in [1.807, 2.05) is 6.07 Å². The molecule has 1 aromatic carbocycles. The number of nitrogens with one attached hydrogen (secondary N) is 1. The molecule has 0 radical (unpaired) electrons. The summed E-state index contributed by atoms with van der Waals surface area (Å²) in [5, 5.41) is 3.46. The van der Waals surface area contributed by atoms with Crippen LogP contribution in [-0.4, -0.2) is 30.6 Å². The van der Waals surface area contributed by atoms with Gasteiger partial charge in [-0.2, -0.15) is 0 Å². The van der Waals surface area contributed by atoms with E-state index in [-0.39, 0.29) is 5.82 Å². The second-order valence-electron chi connectivity index (χ2n) is 5.53. The molecule has 3 rings (SSSR count). The van der Waals surface area contributed by atoms with Gasteiger partial charge in [0.05, 0.1) is 0 Å². The summed E-state index contributed by atoms with van der Waals surface area (Å²) in [4.78, 5) is 2.48. The second-order valence-corrected chi connectivity index (χ2v) is 6.45. The van der Waals surface area contributed by atoms with E-state index >= 15 is 0 Å². The van der Waals surface area contributed by atoms with Crippen LogP contribution in [0, 0.1) is 17.7 Å². The van der Waals surface area contributed by atoms with Crippen LogP contribution in [0.25, 0.3) is 0 Å². The molecule has 98 valence electrons. The van der Waals surface area contributed by atoms with Crippen LogP contribution >= 0.6 is 15.9 Å². The van der Waals surface area contributed by atoms with Crippen LogP contribution in [0.2, 0.25) is 0 Å². The van der Waals surface area contributed by atoms with E-state index < -0.39 is 0 Å². The van der Waals surface area contributed by atoms with Gasteiger partial charge >= 0.3 is 0 Å². The van der Waals surface area contributed by atoms with E-state index in [0.29, 0.717) is 6.04 Å². The third-order valence-corrected chi connectivity index (χ3v) is 4.82. The molecule has 0 aromatic heterocycles. The predicted octanol–water partition coefficient (Wildman–Crippen LogP) is 2.63. The third kappa shape index (κ3) is 2.33. The molecule has 2 saturated heterocycles. The summed E-state index contributed by atoms with van der Waals surface area (Å²) in [7, 11) is 0. The summed E-state index contributed by atoms with van der Waals surface area (Å²) >= 11 is 3.36. The zero-order valence-electron chi connectivity index (χ0n) is 10.5. The van der Waals surface area contributed by atoms with Crippen LogP contribution in [0.1, 0.15) is 12.5 Å². The third-order valence-electron chi connectivity index (χ3n) is 4.36. The number of hydrogen-bond acceptors (Lipinski definition) is 2. The molecule has 4 heteroatoms. The minimum atomic E-state index is -0.159. The van der Waals surface area contributed by atoms with E-state index in [0.717, 1.165) is 48.1 Å². The monoisotopic (exact) mass is 312 g/mol. The molecule has 2 aliphatic rings. The van der Waals surface area contributed by atoms with Crippen LogP contribution in [0.3, 0.4) is 0 Å². The number of fused-ring (bicyclic) bond motifs is 1. The molecule has 2 nitrogen and oxygen atoms in total. The summed E-state index contributed by atoms with van der Waals surface area (Å²) < 4.78 is 14.2. The van der Waals surface area contributed by atoms with Crippen LogP contribution in [-0.2, 0) is 6.54 Å². The van der Waals surface area contributed by atoms with Crippen molar-refractivity contribution < 1.29 is 4.39 Å². The Morgan fingerprint density at radius 1 is 1.39 bits per heavy atom. The molecule has 0 bridgehead atoms. The first-order chi connectivity index (χ1) is 8.63. The number of benzene rings is 1. The van der Waals surface area contributed by atoms with Crippen molar-refractivity contribution in [3.8, 4) is 0 Å². The van der Waals surface area contributed by atoms with E-state index in [2.05, 4.69) is 33.1 Å². The van der Waals surface area contributed by atoms with Crippen molar-refractivity contribution in [2.75, 3.05) is 19.6 Å². The van der Waals surface area contributed by atoms with Gasteiger partial charge in [0.2, 0.25) is 0 Å². The number of nitrogens with zero attached hydrogens (tertiary/aromatic N) is 1. The normalized spacial score (nSPS) is 31.8. The lowest BCUT2D eigenvalue weighted by Gasteiger charge is -2.24. The molecule has 0 amide bonds. The average Bonchev–Trinajstić information content (AvgIpc) is 2.83. The molecule has 0 spiro atoms. The molecule has 3 unspecified atom stereocenters. The highest BCUT2D eigenvalue weighted by atomic mass is 79.9. The van der Waals surface area contributed by atoms with Crippen molar-refractivity contribution in [2.45, 2.75) is 19.5 Å². The summed E-state index contributed by atoms with van der Waals surface area (Å²) in [6, 6.07) is 5.76. The maximum Gasteiger partial charge on any atom is 0.124 e. The molecule has 2 heterocycles. The lowest BCUT2D eigenvalue weighted by molar-refractivity contribution is 0.231.